The van der Waals surface area contributed by atoms with E-state index < -0.39 is 5.91 Å². The summed E-state index contributed by atoms with van der Waals surface area (Å²) in [5, 5.41) is 0. The van der Waals surface area contributed by atoms with E-state index in [-0.39, 0.29) is 5.82 Å². The number of hydrogen-bond donors (Lipinski definition) is 2. The van der Waals surface area contributed by atoms with Crippen LogP contribution in [0.5, 0.6) is 0 Å². The zero-order chi connectivity index (χ0) is 13.7. The molecule has 0 saturated carbocycles. The number of carbonyl (C=O) groups excluding carboxylic acids is 1. The largest absolute Gasteiger partial charge is 0.298 e. The van der Waals surface area contributed by atoms with Crippen LogP contribution < -0.4 is 11.3 Å². The van der Waals surface area contributed by atoms with Gasteiger partial charge in [0.05, 0.1) is 0 Å². The summed E-state index contributed by atoms with van der Waals surface area (Å²) < 4.78 is 13.8. The first-order valence-electron chi connectivity index (χ1n) is 6.30. The molecule has 3 N–H and O–H groups in total. The Morgan fingerprint density at radius 2 is 2.26 bits per heavy atom. The lowest BCUT2D eigenvalue weighted by Gasteiger charge is -2.20. The van der Waals surface area contributed by atoms with Crippen LogP contribution in [0.15, 0.2) is 18.2 Å². The number of halogens is 1. The Hall–Kier alpha value is -1.11. The SMILES string of the molecule is NNC(=O)c1ccc(F)c(CN2CCCSCC2)c1. The van der Waals surface area contributed by atoms with Gasteiger partial charge in [0.2, 0.25) is 0 Å². The van der Waals surface area contributed by atoms with Gasteiger partial charge in [0, 0.05) is 30.0 Å². The van der Waals surface area contributed by atoms with Gasteiger partial charge >= 0.3 is 0 Å². The second-order valence-corrected chi connectivity index (χ2v) is 5.75. The average molecular weight is 283 g/mol. The molecule has 19 heavy (non-hydrogen) atoms. The van der Waals surface area contributed by atoms with Crippen LogP contribution >= 0.6 is 11.8 Å². The molecule has 1 saturated heterocycles. The van der Waals surface area contributed by atoms with Crippen molar-refractivity contribution in [2.24, 2.45) is 5.84 Å². The number of nitrogens with zero attached hydrogens (tertiary/aromatic N) is 1. The molecule has 1 aromatic carbocycles. The highest BCUT2D eigenvalue weighted by Gasteiger charge is 2.14. The molecule has 0 unspecified atom stereocenters. The Morgan fingerprint density at radius 3 is 3.05 bits per heavy atom. The third-order valence-corrected chi connectivity index (χ3v) is 4.20. The molecular weight excluding hydrogens is 265 g/mol. The molecule has 0 spiro atoms. The van der Waals surface area contributed by atoms with E-state index in [1.54, 1.807) is 6.07 Å². The van der Waals surface area contributed by atoms with Crippen LogP contribution in [-0.2, 0) is 6.54 Å². The van der Waals surface area contributed by atoms with Gasteiger partial charge < -0.3 is 0 Å². The van der Waals surface area contributed by atoms with Gasteiger partial charge in [-0.2, -0.15) is 11.8 Å². The smallest absolute Gasteiger partial charge is 0.265 e. The molecule has 0 radical (unpaired) electrons. The highest BCUT2D eigenvalue weighted by Crippen LogP contribution is 2.16. The molecule has 1 aromatic rings. The van der Waals surface area contributed by atoms with Crippen LogP contribution in [0.1, 0.15) is 22.3 Å². The number of thioether (sulfide) groups is 1. The van der Waals surface area contributed by atoms with E-state index in [1.165, 1.54) is 12.1 Å². The van der Waals surface area contributed by atoms with Crippen molar-refractivity contribution in [3.63, 3.8) is 0 Å². The summed E-state index contributed by atoms with van der Waals surface area (Å²) in [6.45, 7) is 2.47. The van der Waals surface area contributed by atoms with Crippen molar-refractivity contribution in [1.29, 1.82) is 0 Å². The summed E-state index contributed by atoms with van der Waals surface area (Å²) in [6.07, 6.45) is 1.12. The zero-order valence-electron chi connectivity index (χ0n) is 10.7. The zero-order valence-corrected chi connectivity index (χ0v) is 11.5. The lowest BCUT2D eigenvalue weighted by atomic mass is 10.1. The van der Waals surface area contributed by atoms with Crippen molar-refractivity contribution in [2.45, 2.75) is 13.0 Å². The number of nitrogen functional groups attached to an aromatic ring is 1. The molecule has 1 heterocycles. The molecule has 0 bridgehead atoms. The summed E-state index contributed by atoms with van der Waals surface area (Å²) in [5.74, 6) is 6.66. The van der Waals surface area contributed by atoms with Crippen molar-refractivity contribution in [3.05, 3.63) is 35.1 Å². The fourth-order valence-corrected chi connectivity index (χ4v) is 3.04. The van der Waals surface area contributed by atoms with Gasteiger partial charge in [-0.25, -0.2) is 10.2 Å². The topological polar surface area (TPSA) is 58.4 Å². The van der Waals surface area contributed by atoms with Crippen LogP contribution in [0.4, 0.5) is 4.39 Å². The standard InChI is InChI=1S/C13H18FN3OS/c14-12-3-2-10(13(18)16-15)8-11(12)9-17-4-1-6-19-7-5-17/h2-3,8H,1,4-7,9,15H2,(H,16,18). The molecule has 1 fully saturated rings. The van der Waals surface area contributed by atoms with Gasteiger partial charge in [-0.1, -0.05) is 0 Å². The number of benzene rings is 1. The fourth-order valence-electron chi connectivity index (χ4n) is 2.12. The number of hydrogen-bond acceptors (Lipinski definition) is 4. The maximum Gasteiger partial charge on any atom is 0.265 e. The van der Waals surface area contributed by atoms with Gasteiger partial charge in [-0.05, 0) is 36.9 Å². The van der Waals surface area contributed by atoms with Crippen molar-refractivity contribution < 1.29 is 9.18 Å². The maximum absolute atomic E-state index is 13.8. The number of nitrogens with two attached hydrogens (primary N) is 1. The van der Waals surface area contributed by atoms with E-state index in [4.69, 9.17) is 5.84 Å². The minimum atomic E-state index is -0.396. The molecule has 1 amide bonds. The maximum atomic E-state index is 13.8. The van der Waals surface area contributed by atoms with Gasteiger partial charge in [0.1, 0.15) is 5.82 Å². The van der Waals surface area contributed by atoms with E-state index in [0.29, 0.717) is 17.7 Å². The molecule has 0 aliphatic carbocycles. The quantitative estimate of drug-likeness (QED) is 0.500. The Balaban J connectivity index is 2.11. The van der Waals surface area contributed by atoms with Gasteiger partial charge in [-0.3, -0.25) is 15.1 Å². The van der Waals surface area contributed by atoms with Gasteiger partial charge in [0.25, 0.3) is 5.91 Å². The summed E-state index contributed by atoms with van der Waals surface area (Å²) in [6, 6.07) is 4.35. The minimum Gasteiger partial charge on any atom is -0.298 e. The number of hydrazine groups is 1. The predicted molar refractivity (Wildman–Crippen MR) is 75.3 cm³/mol. The summed E-state index contributed by atoms with van der Waals surface area (Å²) in [7, 11) is 0. The van der Waals surface area contributed by atoms with Crippen molar-refractivity contribution in [2.75, 3.05) is 24.6 Å². The van der Waals surface area contributed by atoms with Crippen LogP contribution in [0.3, 0.4) is 0 Å². The fraction of sp³-hybridized carbons (Fsp3) is 0.462. The van der Waals surface area contributed by atoms with E-state index in [0.717, 1.165) is 31.0 Å². The summed E-state index contributed by atoms with van der Waals surface area (Å²) >= 11 is 1.93. The van der Waals surface area contributed by atoms with Crippen molar-refractivity contribution in [1.82, 2.24) is 10.3 Å². The number of carbonyl (C=O) groups is 1. The highest BCUT2D eigenvalue weighted by atomic mass is 32.2. The first-order chi connectivity index (χ1) is 9.20. The normalized spacial score (nSPS) is 16.9. The third-order valence-electron chi connectivity index (χ3n) is 3.15. The summed E-state index contributed by atoms with van der Waals surface area (Å²) in [4.78, 5) is 13.7. The van der Waals surface area contributed by atoms with Crippen LogP contribution in [-0.4, -0.2) is 35.4 Å². The molecule has 6 heteroatoms. The third kappa shape index (κ3) is 3.92. The first kappa shape index (κ1) is 14.3. The molecule has 0 atom stereocenters. The molecular formula is C13H18FN3OS. The van der Waals surface area contributed by atoms with Crippen LogP contribution in [0, 0.1) is 5.82 Å². The molecule has 104 valence electrons. The van der Waals surface area contributed by atoms with E-state index >= 15 is 0 Å². The Bertz CT molecular complexity index is 448. The summed E-state index contributed by atoms with van der Waals surface area (Å²) in [5.41, 5.74) is 3.00. The average Bonchev–Trinajstić information content (AvgIpc) is 2.69. The second kappa shape index (κ2) is 6.88. The predicted octanol–water partition coefficient (Wildman–Crippen LogP) is 1.37. The minimum absolute atomic E-state index is 0.273. The van der Waals surface area contributed by atoms with E-state index in [2.05, 4.69) is 10.3 Å². The lowest BCUT2D eigenvalue weighted by Crippen LogP contribution is -2.30. The van der Waals surface area contributed by atoms with Crippen LogP contribution in [0.25, 0.3) is 0 Å². The lowest BCUT2D eigenvalue weighted by molar-refractivity contribution is 0.0953. The monoisotopic (exact) mass is 283 g/mol. The molecule has 0 aromatic heterocycles. The molecule has 2 rings (SSSR count). The Kier molecular flexibility index (Phi) is 5.18. The van der Waals surface area contributed by atoms with E-state index in [9.17, 15) is 9.18 Å². The molecule has 1 aliphatic heterocycles. The molecule has 1 aliphatic rings. The Morgan fingerprint density at radius 1 is 1.42 bits per heavy atom. The van der Waals surface area contributed by atoms with E-state index in [1.807, 2.05) is 11.8 Å². The van der Waals surface area contributed by atoms with Crippen molar-refractivity contribution >= 4 is 17.7 Å². The molecule has 4 nitrogen and oxygen atoms in total. The van der Waals surface area contributed by atoms with Gasteiger partial charge in [-0.15, -0.1) is 0 Å². The number of nitrogens with one attached hydrogen (secondary N) is 1. The number of rotatable bonds is 3. The number of amides is 1. The highest BCUT2D eigenvalue weighted by molar-refractivity contribution is 7.99. The van der Waals surface area contributed by atoms with Crippen LogP contribution in [0.2, 0.25) is 0 Å². The second-order valence-electron chi connectivity index (χ2n) is 4.52. The van der Waals surface area contributed by atoms with Gasteiger partial charge in [0.15, 0.2) is 0 Å². The Labute approximate surface area is 116 Å². The van der Waals surface area contributed by atoms with Crippen molar-refractivity contribution in [3.8, 4) is 0 Å². The first-order valence-corrected chi connectivity index (χ1v) is 7.45.